The Balaban J connectivity index is 0.000000149. The van der Waals surface area contributed by atoms with Gasteiger partial charge >= 0.3 is 0 Å². The Hall–Kier alpha value is -0.730. The molecule has 0 saturated heterocycles. The van der Waals surface area contributed by atoms with E-state index in [2.05, 4.69) is 0 Å². The van der Waals surface area contributed by atoms with E-state index in [1.165, 1.54) is 0 Å². The first-order chi connectivity index (χ1) is 6.50. The summed E-state index contributed by atoms with van der Waals surface area (Å²) in [7, 11) is 0. The van der Waals surface area contributed by atoms with Gasteiger partial charge in [-0.05, 0) is 23.7 Å². The summed E-state index contributed by atoms with van der Waals surface area (Å²) < 4.78 is 5.08. The fourth-order valence-electron chi connectivity index (χ4n) is 0.755. The highest BCUT2D eigenvalue weighted by atomic mass is 35.5. The average molecular weight is 233 g/mol. The molecule has 0 atom stereocenters. The molecule has 0 unspecified atom stereocenters. The van der Waals surface area contributed by atoms with Crippen LogP contribution in [0.15, 0.2) is 22.6 Å². The molecule has 0 radical (unpaired) electrons. The second-order valence-corrected chi connectivity index (χ2v) is 3.93. The molecule has 4 heteroatoms. The minimum Gasteiger partial charge on any atom is -0.456 e. The van der Waals surface area contributed by atoms with Crippen molar-refractivity contribution < 1.29 is 9.21 Å². The third-order valence-corrected chi connectivity index (χ3v) is 2.32. The zero-order valence-electron chi connectivity index (χ0n) is 7.88. The average Bonchev–Trinajstić information content (AvgIpc) is 2.65. The first kappa shape index (κ1) is 11.3. The molecule has 0 spiro atoms. The van der Waals surface area contributed by atoms with Crippen molar-refractivity contribution in [2.75, 3.05) is 0 Å². The minimum absolute atomic E-state index is 0.0216. The Labute approximate surface area is 92.1 Å². The number of carbonyl (C=O) groups excluding carboxylic acids is 1. The van der Waals surface area contributed by atoms with Crippen LogP contribution in [-0.2, 0) is 4.79 Å². The number of furan rings is 2. The van der Waals surface area contributed by atoms with E-state index in [4.69, 9.17) is 27.6 Å². The molecule has 0 aliphatic carbocycles. The van der Waals surface area contributed by atoms with E-state index in [0.717, 1.165) is 11.2 Å². The lowest BCUT2D eigenvalue weighted by molar-refractivity contribution is -0.114. The Morgan fingerprint density at radius 1 is 1.43 bits per heavy atom. The van der Waals surface area contributed by atoms with Gasteiger partial charge in [0.15, 0.2) is 0 Å². The highest BCUT2D eigenvalue weighted by molar-refractivity contribution is 6.63. The van der Waals surface area contributed by atoms with Gasteiger partial charge in [-0.25, -0.2) is 0 Å². The maximum atomic E-state index is 9.91. The van der Waals surface area contributed by atoms with Crippen LogP contribution < -0.4 is 0 Å². The van der Waals surface area contributed by atoms with Crippen molar-refractivity contribution in [3.05, 3.63) is 23.2 Å². The molecular weight excluding hydrogens is 223 g/mol. The van der Waals surface area contributed by atoms with Crippen molar-refractivity contribution in [1.29, 1.82) is 0 Å². The molecule has 2 rings (SSSR count). The first-order valence-corrected chi connectivity index (χ1v) is 4.93. The standard InChI is InChI=1S/C6H3ClO.C4H7ClO/c7-5-3-4-1-2-6(5)8-4;1-3(2)4(5)6/h1-3H;3H,1-2H3. The second kappa shape index (κ2) is 4.67. The molecule has 0 aliphatic heterocycles. The van der Waals surface area contributed by atoms with Crippen LogP contribution in [0.2, 0.25) is 5.02 Å². The number of benzene rings is 1. The molecule has 0 fully saturated rings. The third-order valence-electron chi connectivity index (χ3n) is 1.59. The van der Waals surface area contributed by atoms with Crippen LogP contribution in [0.25, 0.3) is 11.2 Å². The molecule has 2 aromatic rings. The Morgan fingerprint density at radius 3 is 2.14 bits per heavy atom. The van der Waals surface area contributed by atoms with Gasteiger partial charge in [-0.15, -0.1) is 0 Å². The number of halogens is 2. The molecule has 0 saturated carbocycles. The molecular formula is C10H10Cl2O2. The van der Waals surface area contributed by atoms with E-state index in [9.17, 15) is 4.79 Å². The van der Waals surface area contributed by atoms with E-state index < -0.39 is 0 Å². The molecule has 0 amide bonds. The number of fused-ring (bicyclic) bond motifs is 2. The summed E-state index contributed by atoms with van der Waals surface area (Å²) in [4.78, 5) is 9.91. The number of rotatable bonds is 1. The van der Waals surface area contributed by atoms with Crippen LogP contribution >= 0.6 is 23.2 Å². The first-order valence-electron chi connectivity index (χ1n) is 4.17. The smallest absolute Gasteiger partial charge is 0.224 e. The Kier molecular flexibility index (Phi) is 3.78. The molecule has 14 heavy (non-hydrogen) atoms. The summed E-state index contributed by atoms with van der Waals surface area (Å²) in [6.07, 6.45) is 0. The number of hydrogen-bond donors (Lipinski definition) is 0. The molecule has 0 N–H and O–H groups in total. The zero-order chi connectivity index (χ0) is 10.7. The van der Waals surface area contributed by atoms with Gasteiger partial charge in [-0.1, -0.05) is 25.4 Å². The number of carbonyl (C=O) groups is 1. The van der Waals surface area contributed by atoms with Crippen LogP contribution in [0.4, 0.5) is 0 Å². The summed E-state index contributed by atoms with van der Waals surface area (Å²) in [6, 6.07) is 5.55. The van der Waals surface area contributed by atoms with E-state index in [1.807, 2.05) is 12.1 Å². The largest absolute Gasteiger partial charge is 0.456 e. The predicted octanol–water partition coefficient (Wildman–Crippen LogP) is 3.93. The van der Waals surface area contributed by atoms with Crippen molar-refractivity contribution >= 4 is 39.6 Å². The SMILES string of the molecule is CC(C)C(=O)Cl.Clc1cc2ccc1o2. The molecule has 0 aliphatic rings. The molecule has 2 heterocycles. The third kappa shape index (κ3) is 2.89. The van der Waals surface area contributed by atoms with Crippen LogP contribution in [0.3, 0.4) is 0 Å². The van der Waals surface area contributed by atoms with E-state index in [0.29, 0.717) is 5.02 Å². The van der Waals surface area contributed by atoms with Gasteiger partial charge in [-0.2, -0.15) is 0 Å². The van der Waals surface area contributed by atoms with Crippen LogP contribution in [0.5, 0.6) is 0 Å². The topological polar surface area (TPSA) is 30.2 Å². The summed E-state index contributed by atoms with van der Waals surface area (Å²) >= 11 is 10.6. The summed E-state index contributed by atoms with van der Waals surface area (Å²) in [5.74, 6) is -0.0216. The Bertz CT molecular complexity index is 406. The quantitative estimate of drug-likeness (QED) is 0.698. The normalized spacial score (nSPS) is 10.4. The predicted molar refractivity (Wildman–Crippen MR) is 58.1 cm³/mol. The van der Waals surface area contributed by atoms with Crippen molar-refractivity contribution in [3.63, 3.8) is 0 Å². The zero-order valence-corrected chi connectivity index (χ0v) is 9.39. The fourth-order valence-corrected chi connectivity index (χ4v) is 0.964. The monoisotopic (exact) mass is 232 g/mol. The van der Waals surface area contributed by atoms with Crippen molar-refractivity contribution in [1.82, 2.24) is 0 Å². The lowest BCUT2D eigenvalue weighted by atomic mass is 10.3. The van der Waals surface area contributed by atoms with Gasteiger partial charge in [-0.3, -0.25) is 4.79 Å². The lowest BCUT2D eigenvalue weighted by Crippen LogP contribution is -1.95. The van der Waals surface area contributed by atoms with Crippen LogP contribution in [0.1, 0.15) is 13.8 Å². The van der Waals surface area contributed by atoms with Crippen molar-refractivity contribution in [2.45, 2.75) is 13.8 Å². The maximum Gasteiger partial charge on any atom is 0.224 e. The van der Waals surface area contributed by atoms with Gasteiger partial charge < -0.3 is 4.42 Å². The van der Waals surface area contributed by atoms with Gasteiger partial charge in [0.25, 0.3) is 0 Å². The van der Waals surface area contributed by atoms with E-state index in [1.54, 1.807) is 19.9 Å². The van der Waals surface area contributed by atoms with Gasteiger partial charge in [0.05, 0.1) is 5.02 Å². The summed E-state index contributed by atoms with van der Waals surface area (Å²) in [5, 5.41) is 0.442. The Morgan fingerprint density at radius 2 is 2.00 bits per heavy atom. The van der Waals surface area contributed by atoms with Gasteiger partial charge in [0, 0.05) is 12.0 Å². The molecule has 2 bridgehead atoms. The van der Waals surface area contributed by atoms with Crippen LogP contribution in [-0.4, -0.2) is 5.24 Å². The molecule has 0 aromatic carbocycles. The van der Waals surface area contributed by atoms with Crippen molar-refractivity contribution in [3.8, 4) is 0 Å². The molecule has 2 aromatic heterocycles. The van der Waals surface area contributed by atoms with Crippen LogP contribution in [0, 0.1) is 5.92 Å². The highest BCUT2D eigenvalue weighted by Crippen LogP contribution is 2.25. The van der Waals surface area contributed by atoms with Crippen molar-refractivity contribution in [2.24, 2.45) is 5.92 Å². The minimum atomic E-state index is -0.269. The number of hydrogen-bond acceptors (Lipinski definition) is 2. The second-order valence-electron chi connectivity index (χ2n) is 3.15. The lowest BCUT2D eigenvalue weighted by Gasteiger charge is -1.88. The maximum absolute atomic E-state index is 9.91. The van der Waals surface area contributed by atoms with E-state index >= 15 is 0 Å². The van der Waals surface area contributed by atoms with E-state index in [-0.39, 0.29) is 11.2 Å². The summed E-state index contributed by atoms with van der Waals surface area (Å²) in [5.41, 5.74) is 1.63. The molecule has 76 valence electrons. The highest BCUT2D eigenvalue weighted by Gasteiger charge is 2.01. The van der Waals surface area contributed by atoms with Gasteiger partial charge in [0.1, 0.15) is 11.2 Å². The fraction of sp³-hybridized carbons (Fsp3) is 0.300. The molecule has 2 nitrogen and oxygen atoms in total. The summed E-state index contributed by atoms with van der Waals surface area (Å²) in [6.45, 7) is 3.52. The van der Waals surface area contributed by atoms with Gasteiger partial charge in [0.2, 0.25) is 5.24 Å².